The van der Waals surface area contributed by atoms with Crippen LogP contribution in [-0.4, -0.2) is 6.54 Å². The van der Waals surface area contributed by atoms with Crippen molar-refractivity contribution >= 4 is 11.6 Å². The number of rotatable bonds is 5. The Hall–Kier alpha value is -0.530. The first-order valence-electron chi connectivity index (χ1n) is 6.68. The molecule has 1 N–H and O–H groups in total. The Labute approximate surface area is 109 Å². The van der Waals surface area contributed by atoms with Crippen molar-refractivity contribution in [3.8, 4) is 0 Å². The van der Waals surface area contributed by atoms with Gasteiger partial charge in [0.25, 0.3) is 0 Å². The normalized spacial score (nSPS) is 23.4. The molecule has 0 radical (unpaired) electrons. The Balaban J connectivity index is 1.56. The molecule has 92 valence electrons. The second-order valence-electron chi connectivity index (χ2n) is 5.79. The minimum absolute atomic E-state index is 0.434. The molecule has 17 heavy (non-hydrogen) atoms. The molecule has 1 aromatic carbocycles. The molecular formula is C15H20ClN. The van der Waals surface area contributed by atoms with Gasteiger partial charge < -0.3 is 5.32 Å². The number of halogens is 1. The van der Waals surface area contributed by atoms with Gasteiger partial charge in [0, 0.05) is 17.6 Å². The van der Waals surface area contributed by atoms with E-state index in [9.17, 15) is 0 Å². The van der Waals surface area contributed by atoms with E-state index < -0.39 is 0 Å². The van der Waals surface area contributed by atoms with Gasteiger partial charge in [-0.2, -0.15) is 0 Å². The van der Waals surface area contributed by atoms with Crippen LogP contribution in [0, 0.1) is 11.3 Å². The van der Waals surface area contributed by atoms with Gasteiger partial charge >= 0.3 is 0 Å². The van der Waals surface area contributed by atoms with Crippen molar-refractivity contribution in [2.75, 3.05) is 6.54 Å². The lowest BCUT2D eigenvalue weighted by molar-refractivity contribution is 0.382. The summed E-state index contributed by atoms with van der Waals surface area (Å²) in [5.74, 6) is 1.03. The molecule has 2 saturated carbocycles. The van der Waals surface area contributed by atoms with E-state index in [-0.39, 0.29) is 0 Å². The lowest BCUT2D eigenvalue weighted by Crippen LogP contribution is -2.27. The van der Waals surface area contributed by atoms with Gasteiger partial charge in [-0.15, -0.1) is 0 Å². The summed E-state index contributed by atoms with van der Waals surface area (Å²) >= 11 is 5.91. The van der Waals surface area contributed by atoms with E-state index in [1.54, 1.807) is 0 Å². The molecule has 2 aliphatic rings. The van der Waals surface area contributed by atoms with Gasteiger partial charge in [-0.05, 0) is 61.6 Å². The van der Waals surface area contributed by atoms with E-state index in [2.05, 4.69) is 24.4 Å². The largest absolute Gasteiger partial charge is 0.310 e. The van der Waals surface area contributed by atoms with Gasteiger partial charge in [0.05, 0.1) is 0 Å². The van der Waals surface area contributed by atoms with E-state index in [0.29, 0.717) is 11.5 Å². The van der Waals surface area contributed by atoms with Crippen LogP contribution >= 0.6 is 11.6 Å². The summed E-state index contributed by atoms with van der Waals surface area (Å²) < 4.78 is 0. The van der Waals surface area contributed by atoms with Crippen LogP contribution in [0.2, 0.25) is 5.02 Å². The Morgan fingerprint density at radius 3 is 2.47 bits per heavy atom. The maximum Gasteiger partial charge on any atom is 0.0406 e. The predicted molar refractivity (Wildman–Crippen MR) is 72.3 cm³/mol. The van der Waals surface area contributed by atoms with Crippen LogP contribution in [0.3, 0.4) is 0 Å². The second kappa shape index (κ2) is 4.29. The second-order valence-corrected chi connectivity index (χ2v) is 6.23. The average Bonchev–Trinajstić information content (AvgIpc) is 3.17. The summed E-state index contributed by atoms with van der Waals surface area (Å²) in [5.41, 5.74) is 2.02. The van der Waals surface area contributed by atoms with E-state index in [1.165, 1.54) is 37.8 Å². The summed E-state index contributed by atoms with van der Waals surface area (Å²) in [4.78, 5) is 0. The standard InChI is InChI=1S/C15H20ClN/c1-11(12-2-6-14(16)7-3-12)17-10-15(8-9-15)13-4-5-13/h2-3,6-7,11,13,17H,4-5,8-10H2,1H3. The fourth-order valence-electron chi connectivity index (χ4n) is 2.81. The molecule has 0 saturated heterocycles. The van der Waals surface area contributed by atoms with Gasteiger partial charge in [-0.25, -0.2) is 0 Å². The SMILES string of the molecule is CC(NCC1(C2CC2)CC1)c1ccc(Cl)cc1. The van der Waals surface area contributed by atoms with E-state index >= 15 is 0 Å². The van der Waals surface area contributed by atoms with Gasteiger partial charge in [0.15, 0.2) is 0 Å². The molecule has 0 amide bonds. The topological polar surface area (TPSA) is 12.0 Å². The summed E-state index contributed by atoms with van der Waals surface area (Å²) in [7, 11) is 0. The number of hydrogen-bond donors (Lipinski definition) is 1. The quantitative estimate of drug-likeness (QED) is 0.826. The first-order valence-corrected chi connectivity index (χ1v) is 7.06. The highest BCUT2D eigenvalue weighted by atomic mass is 35.5. The van der Waals surface area contributed by atoms with Gasteiger partial charge in [0.2, 0.25) is 0 Å². The maximum atomic E-state index is 5.91. The number of benzene rings is 1. The zero-order valence-corrected chi connectivity index (χ0v) is 11.1. The molecule has 0 heterocycles. The molecule has 1 atom stereocenters. The number of nitrogens with one attached hydrogen (secondary N) is 1. The fraction of sp³-hybridized carbons (Fsp3) is 0.600. The Morgan fingerprint density at radius 2 is 1.94 bits per heavy atom. The molecule has 0 spiro atoms. The van der Waals surface area contributed by atoms with E-state index in [4.69, 9.17) is 11.6 Å². The highest BCUT2D eigenvalue weighted by Gasteiger charge is 2.53. The van der Waals surface area contributed by atoms with Crippen LogP contribution in [0.25, 0.3) is 0 Å². The molecule has 2 fully saturated rings. The van der Waals surface area contributed by atoms with E-state index in [0.717, 1.165) is 10.9 Å². The molecule has 1 aromatic rings. The average molecular weight is 250 g/mol. The van der Waals surface area contributed by atoms with Crippen LogP contribution in [0.4, 0.5) is 0 Å². The predicted octanol–water partition coefficient (Wildman–Crippen LogP) is 4.18. The summed E-state index contributed by atoms with van der Waals surface area (Å²) in [6.07, 6.45) is 5.82. The molecule has 0 aliphatic heterocycles. The number of hydrogen-bond acceptors (Lipinski definition) is 1. The zero-order valence-electron chi connectivity index (χ0n) is 10.4. The fourth-order valence-corrected chi connectivity index (χ4v) is 2.94. The van der Waals surface area contributed by atoms with Crippen molar-refractivity contribution in [2.24, 2.45) is 11.3 Å². The summed E-state index contributed by atoms with van der Waals surface area (Å²) in [6.45, 7) is 3.44. The third-order valence-corrected chi connectivity index (χ3v) is 4.72. The summed E-state index contributed by atoms with van der Waals surface area (Å²) in [5, 5.41) is 4.52. The first-order chi connectivity index (χ1) is 8.20. The lowest BCUT2D eigenvalue weighted by Gasteiger charge is -2.20. The molecule has 1 unspecified atom stereocenters. The summed E-state index contributed by atoms with van der Waals surface area (Å²) in [6, 6.07) is 8.63. The van der Waals surface area contributed by atoms with Crippen LogP contribution in [0.5, 0.6) is 0 Å². The molecule has 0 bridgehead atoms. The van der Waals surface area contributed by atoms with Crippen molar-refractivity contribution in [1.82, 2.24) is 5.32 Å². The maximum absolute atomic E-state index is 5.91. The van der Waals surface area contributed by atoms with E-state index in [1.807, 2.05) is 12.1 Å². The van der Waals surface area contributed by atoms with Crippen molar-refractivity contribution < 1.29 is 0 Å². The first kappa shape index (κ1) is 11.6. The van der Waals surface area contributed by atoms with Crippen molar-refractivity contribution in [1.29, 1.82) is 0 Å². The van der Waals surface area contributed by atoms with Crippen LogP contribution in [0.1, 0.15) is 44.2 Å². The highest BCUT2D eigenvalue weighted by Crippen LogP contribution is 2.60. The zero-order chi connectivity index (χ0) is 11.9. The van der Waals surface area contributed by atoms with Crippen molar-refractivity contribution in [2.45, 2.75) is 38.6 Å². The third kappa shape index (κ3) is 2.51. The van der Waals surface area contributed by atoms with Crippen LogP contribution < -0.4 is 5.32 Å². The molecule has 1 nitrogen and oxygen atoms in total. The molecular weight excluding hydrogens is 230 g/mol. The van der Waals surface area contributed by atoms with Crippen LogP contribution in [-0.2, 0) is 0 Å². The van der Waals surface area contributed by atoms with Gasteiger partial charge in [0.1, 0.15) is 0 Å². The van der Waals surface area contributed by atoms with Crippen molar-refractivity contribution in [3.05, 3.63) is 34.9 Å². The van der Waals surface area contributed by atoms with Crippen molar-refractivity contribution in [3.63, 3.8) is 0 Å². The highest BCUT2D eigenvalue weighted by molar-refractivity contribution is 6.30. The molecule has 2 heteroatoms. The molecule has 2 aliphatic carbocycles. The molecule has 3 rings (SSSR count). The monoisotopic (exact) mass is 249 g/mol. The third-order valence-electron chi connectivity index (χ3n) is 4.47. The minimum atomic E-state index is 0.434. The smallest absolute Gasteiger partial charge is 0.0406 e. The minimum Gasteiger partial charge on any atom is -0.310 e. The Bertz CT molecular complexity index is 390. The lowest BCUT2D eigenvalue weighted by atomic mass is 9.99. The van der Waals surface area contributed by atoms with Gasteiger partial charge in [-0.1, -0.05) is 23.7 Å². The Morgan fingerprint density at radius 1 is 1.29 bits per heavy atom. The van der Waals surface area contributed by atoms with Gasteiger partial charge in [-0.3, -0.25) is 0 Å². The Kier molecular flexibility index (Phi) is 2.92. The van der Waals surface area contributed by atoms with Crippen LogP contribution in [0.15, 0.2) is 24.3 Å². The molecule has 0 aromatic heterocycles.